The summed E-state index contributed by atoms with van der Waals surface area (Å²) < 4.78 is 33.7. The number of anilines is 2. The second-order valence-electron chi connectivity index (χ2n) is 6.61. The fourth-order valence-corrected chi connectivity index (χ4v) is 3.93. The summed E-state index contributed by atoms with van der Waals surface area (Å²) in [5.74, 6) is 0.000836. The number of hydrogen-bond donors (Lipinski definition) is 2. The molecule has 0 fully saturated rings. The number of amides is 1. The molecule has 0 saturated heterocycles. The van der Waals surface area contributed by atoms with Gasteiger partial charge in [-0.1, -0.05) is 30.3 Å². The van der Waals surface area contributed by atoms with Gasteiger partial charge < -0.3 is 10.1 Å². The third kappa shape index (κ3) is 4.75. The lowest BCUT2D eigenvalue weighted by molar-refractivity contribution is 0.102. The number of methoxy groups -OCH3 is 1. The molecule has 2 N–H and O–H groups in total. The van der Waals surface area contributed by atoms with Crippen LogP contribution in [0, 0.1) is 13.8 Å². The number of ether oxygens (including phenoxy) is 1. The lowest BCUT2D eigenvalue weighted by Gasteiger charge is -2.14. The molecule has 0 spiro atoms. The minimum absolute atomic E-state index is 0.0163. The van der Waals surface area contributed by atoms with E-state index in [0.29, 0.717) is 17.0 Å². The monoisotopic (exact) mass is 410 g/mol. The van der Waals surface area contributed by atoms with E-state index in [1.54, 1.807) is 30.3 Å². The highest BCUT2D eigenvalue weighted by molar-refractivity contribution is 7.92. The normalized spacial score (nSPS) is 11.0. The smallest absolute Gasteiger partial charge is 0.261 e. The van der Waals surface area contributed by atoms with Gasteiger partial charge in [0.05, 0.1) is 23.4 Å². The molecule has 0 aliphatic heterocycles. The summed E-state index contributed by atoms with van der Waals surface area (Å²) in [6, 6.07) is 18.5. The van der Waals surface area contributed by atoms with Crippen LogP contribution in [-0.2, 0) is 10.0 Å². The van der Waals surface area contributed by atoms with Crippen molar-refractivity contribution in [3.8, 4) is 5.75 Å². The van der Waals surface area contributed by atoms with Crippen LogP contribution in [0.2, 0.25) is 0 Å². The Balaban J connectivity index is 1.93. The van der Waals surface area contributed by atoms with Gasteiger partial charge in [-0.3, -0.25) is 9.52 Å². The summed E-state index contributed by atoms with van der Waals surface area (Å²) in [6.07, 6.45) is 0. The van der Waals surface area contributed by atoms with Gasteiger partial charge in [0, 0.05) is 5.56 Å². The van der Waals surface area contributed by atoms with Gasteiger partial charge in [0.25, 0.3) is 15.9 Å². The number of carbonyl (C=O) groups is 1. The lowest BCUT2D eigenvalue weighted by Crippen LogP contribution is -2.16. The highest BCUT2D eigenvalue weighted by atomic mass is 32.2. The number of sulfonamides is 1. The number of hydrogen-bond acceptors (Lipinski definition) is 4. The summed E-state index contributed by atoms with van der Waals surface area (Å²) in [5, 5.41) is 2.72. The molecule has 7 heteroatoms. The minimum Gasteiger partial charge on any atom is -0.495 e. The Labute approximate surface area is 170 Å². The maximum absolute atomic E-state index is 12.9. The van der Waals surface area contributed by atoms with Gasteiger partial charge in [0.1, 0.15) is 5.75 Å². The third-order valence-electron chi connectivity index (χ3n) is 4.40. The molecule has 0 saturated carbocycles. The molecule has 0 unspecified atom stereocenters. The maximum Gasteiger partial charge on any atom is 0.261 e. The topological polar surface area (TPSA) is 84.5 Å². The second-order valence-corrected chi connectivity index (χ2v) is 8.29. The van der Waals surface area contributed by atoms with Gasteiger partial charge in [0.15, 0.2) is 0 Å². The molecule has 3 aromatic carbocycles. The van der Waals surface area contributed by atoms with Crippen molar-refractivity contribution in [2.75, 3.05) is 17.1 Å². The molecule has 0 aromatic heterocycles. The lowest BCUT2D eigenvalue weighted by atomic mass is 10.1. The first kappa shape index (κ1) is 20.4. The van der Waals surface area contributed by atoms with Crippen molar-refractivity contribution in [2.24, 2.45) is 0 Å². The predicted molar refractivity (Wildman–Crippen MR) is 114 cm³/mol. The van der Waals surface area contributed by atoms with Gasteiger partial charge >= 0.3 is 0 Å². The van der Waals surface area contributed by atoms with Gasteiger partial charge in [-0.25, -0.2) is 8.42 Å². The standard InChI is InChI=1S/C22H22N2O4S/c1-15-9-10-16(2)19(13-15)24-29(26,27)18-11-12-21(28-3)20(14-18)23-22(25)17-7-5-4-6-8-17/h4-14,24H,1-3H3,(H,23,25). The zero-order valence-electron chi connectivity index (χ0n) is 16.4. The summed E-state index contributed by atoms with van der Waals surface area (Å²) in [7, 11) is -2.40. The van der Waals surface area contributed by atoms with Crippen molar-refractivity contribution < 1.29 is 17.9 Å². The molecule has 3 aromatic rings. The van der Waals surface area contributed by atoms with E-state index in [2.05, 4.69) is 10.0 Å². The first-order valence-corrected chi connectivity index (χ1v) is 10.4. The highest BCUT2D eigenvalue weighted by Gasteiger charge is 2.19. The first-order chi connectivity index (χ1) is 13.8. The van der Waals surface area contributed by atoms with Crippen LogP contribution in [0.4, 0.5) is 11.4 Å². The fraction of sp³-hybridized carbons (Fsp3) is 0.136. The molecule has 0 aliphatic carbocycles. The molecular formula is C22H22N2O4S. The zero-order chi connectivity index (χ0) is 21.0. The number of carbonyl (C=O) groups excluding carboxylic acids is 1. The number of rotatable bonds is 6. The molecule has 0 radical (unpaired) electrons. The molecular weight excluding hydrogens is 388 g/mol. The zero-order valence-corrected chi connectivity index (χ0v) is 17.2. The Hall–Kier alpha value is -3.32. The molecule has 0 bridgehead atoms. The van der Waals surface area contributed by atoms with Crippen molar-refractivity contribution in [1.29, 1.82) is 0 Å². The van der Waals surface area contributed by atoms with Gasteiger partial charge in [-0.15, -0.1) is 0 Å². The van der Waals surface area contributed by atoms with Crippen molar-refractivity contribution in [3.05, 3.63) is 83.4 Å². The van der Waals surface area contributed by atoms with Gasteiger partial charge in [0.2, 0.25) is 0 Å². The first-order valence-electron chi connectivity index (χ1n) is 8.94. The maximum atomic E-state index is 12.9. The van der Waals surface area contributed by atoms with Crippen LogP contribution in [0.1, 0.15) is 21.5 Å². The van der Waals surface area contributed by atoms with Gasteiger partial charge in [-0.05, 0) is 61.4 Å². The van der Waals surface area contributed by atoms with Crippen molar-refractivity contribution in [2.45, 2.75) is 18.7 Å². The van der Waals surface area contributed by atoms with Crippen LogP contribution >= 0.6 is 0 Å². The summed E-state index contributed by atoms with van der Waals surface area (Å²) in [6.45, 7) is 3.72. The van der Waals surface area contributed by atoms with Crippen LogP contribution in [0.3, 0.4) is 0 Å². The Bertz CT molecular complexity index is 1140. The van der Waals surface area contributed by atoms with E-state index >= 15 is 0 Å². The van der Waals surface area contributed by atoms with Crippen LogP contribution in [-0.4, -0.2) is 21.4 Å². The Kier molecular flexibility index (Phi) is 5.89. The quantitative estimate of drug-likeness (QED) is 0.632. The van der Waals surface area contributed by atoms with Crippen LogP contribution < -0.4 is 14.8 Å². The Morgan fingerprint density at radius 1 is 0.897 bits per heavy atom. The van der Waals surface area contributed by atoms with Crippen molar-refractivity contribution >= 4 is 27.3 Å². The largest absolute Gasteiger partial charge is 0.495 e. The second kappa shape index (κ2) is 8.36. The third-order valence-corrected chi connectivity index (χ3v) is 5.77. The van der Waals surface area contributed by atoms with E-state index in [9.17, 15) is 13.2 Å². The molecule has 3 rings (SSSR count). The SMILES string of the molecule is COc1ccc(S(=O)(=O)Nc2cc(C)ccc2C)cc1NC(=O)c1ccccc1. The van der Waals surface area contributed by atoms with Crippen LogP contribution in [0.5, 0.6) is 5.75 Å². The van der Waals surface area contributed by atoms with Crippen molar-refractivity contribution in [3.63, 3.8) is 0 Å². The average Bonchev–Trinajstić information content (AvgIpc) is 2.71. The highest BCUT2D eigenvalue weighted by Crippen LogP contribution is 2.29. The van der Waals surface area contributed by atoms with Gasteiger partial charge in [-0.2, -0.15) is 0 Å². The van der Waals surface area contributed by atoms with E-state index < -0.39 is 10.0 Å². The number of nitrogens with one attached hydrogen (secondary N) is 2. The fourth-order valence-electron chi connectivity index (χ4n) is 2.79. The molecule has 150 valence electrons. The summed E-state index contributed by atoms with van der Waals surface area (Å²) >= 11 is 0. The number of benzene rings is 3. The summed E-state index contributed by atoms with van der Waals surface area (Å²) in [4.78, 5) is 12.5. The van der Waals surface area contributed by atoms with Crippen LogP contribution in [0.25, 0.3) is 0 Å². The molecule has 0 aliphatic rings. The molecule has 29 heavy (non-hydrogen) atoms. The minimum atomic E-state index is -3.86. The average molecular weight is 410 g/mol. The predicted octanol–water partition coefficient (Wildman–Crippen LogP) is 4.37. The van der Waals surface area contributed by atoms with E-state index in [0.717, 1.165) is 11.1 Å². The molecule has 0 atom stereocenters. The number of aryl methyl sites for hydroxylation is 2. The molecule has 0 heterocycles. The van der Waals surface area contributed by atoms with E-state index in [-0.39, 0.29) is 16.5 Å². The van der Waals surface area contributed by atoms with E-state index in [1.807, 2.05) is 32.0 Å². The van der Waals surface area contributed by atoms with E-state index in [4.69, 9.17) is 4.74 Å². The van der Waals surface area contributed by atoms with Crippen molar-refractivity contribution in [1.82, 2.24) is 0 Å². The Morgan fingerprint density at radius 2 is 1.62 bits per heavy atom. The van der Waals surface area contributed by atoms with E-state index in [1.165, 1.54) is 25.3 Å². The molecule has 6 nitrogen and oxygen atoms in total. The Morgan fingerprint density at radius 3 is 2.31 bits per heavy atom. The molecule has 1 amide bonds. The van der Waals surface area contributed by atoms with Crippen LogP contribution in [0.15, 0.2) is 71.6 Å². The summed E-state index contributed by atoms with van der Waals surface area (Å²) in [5.41, 5.74) is 2.99.